The number of nitrogens with zero attached hydrogens (tertiary/aromatic N) is 5. The highest BCUT2D eigenvalue weighted by atomic mass is 35.5. The second kappa shape index (κ2) is 9.71. The molecular weight excluding hydrogens is 439 g/mol. The zero-order chi connectivity index (χ0) is 22.8. The summed E-state index contributed by atoms with van der Waals surface area (Å²) in [7, 11) is 2.11. The Hall–Kier alpha value is -2.61. The molecule has 1 N–H and O–H groups in total. The summed E-state index contributed by atoms with van der Waals surface area (Å²) in [5.41, 5.74) is 3.32. The molecule has 3 aromatic rings. The van der Waals surface area contributed by atoms with Gasteiger partial charge in [0.05, 0.1) is 11.6 Å². The zero-order valence-electron chi connectivity index (χ0n) is 18.6. The highest BCUT2D eigenvalue weighted by Gasteiger charge is 2.25. The monoisotopic (exact) mass is 465 g/mol. The van der Waals surface area contributed by atoms with Crippen LogP contribution in [0.15, 0.2) is 42.9 Å². The number of pyridine rings is 1. The SMILES string of the molecule is CN1CC[N]C(c2cnccc2Nc2nc(-c3cc(Cl)ccc3F)ncc2C2CCCC2)C1. The summed E-state index contributed by atoms with van der Waals surface area (Å²) < 4.78 is 14.6. The number of likely N-dealkylation sites (N-methyl/N-ethyl adjacent to an activating group) is 1. The van der Waals surface area contributed by atoms with Crippen LogP contribution in [0.1, 0.15) is 48.8 Å². The molecule has 5 rings (SSSR count). The summed E-state index contributed by atoms with van der Waals surface area (Å²) in [4.78, 5) is 16.0. The first-order valence-electron chi connectivity index (χ1n) is 11.5. The third-order valence-electron chi connectivity index (χ3n) is 6.56. The lowest BCUT2D eigenvalue weighted by Crippen LogP contribution is -2.40. The lowest BCUT2D eigenvalue weighted by atomic mass is 9.99. The van der Waals surface area contributed by atoms with Gasteiger partial charge in [0.2, 0.25) is 0 Å². The molecule has 1 unspecified atom stereocenters. The van der Waals surface area contributed by atoms with Gasteiger partial charge in [-0.2, -0.15) is 0 Å². The third kappa shape index (κ3) is 4.86. The van der Waals surface area contributed by atoms with Crippen molar-refractivity contribution in [1.29, 1.82) is 0 Å². The summed E-state index contributed by atoms with van der Waals surface area (Å²) in [6.07, 6.45) is 10.1. The summed E-state index contributed by atoms with van der Waals surface area (Å²) in [6.45, 7) is 2.61. The number of aromatic nitrogens is 3. The van der Waals surface area contributed by atoms with Crippen LogP contribution in [0.2, 0.25) is 5.02 Å². The van der Waals surface area contributed by atoms with Gasteiger partial charge in [0.1, 0.15) is 11.6 Å². The number of rotatable bonds is 5. The minimum Gasteiger partial charge on any atom is -0.340 e. The molecule has 8 heteroatoms. The first-order valence-corrected chi connectivity index (χ1v) is 11.8. The Kier molecular flexibility index (Phi) is 6.53. The molecule has 0 spiro atoms. The van der Waals surface area contributed by atoms with Crippen LogP contribution < -0.4 is 10.6 Å². The average molecular weight is 466 g/mol. The molecule has 1 aromatic carbocycles. The molecule has 1 atom stereocenters. The Morgan fingerprint density at radius 1 is 1.12 bits per heavy atom. The maximum atomic E-state index is 14.6. The topological polar surface area (TPSA) is 68.0 Å². The lowest BCUT2D eigenvalue weighted by molar-refractivity contribution is 0.237. The van der Waals surface area contributed by atoms with Crippen LogP contribution in [-0.2, 0) is 0 Å². The molecule has 0 amide bonds. The normalized spacial score (nSPS) is 19.7. The summed E-state index contributed by atoms with van der Waals surface area (Å²) in [6, 6.07) is 6.45. The van der Waals surface area contributed by atoms with Crippen LogP contribution in [0.4, 0.5) is 15.9 Å². The van der Waals surface area contributed by atoms with E-state index in [2.05, 4.69) is 27.2 Å². The fourth-order valence-electron chi connectivity index (χ4n) is 4.76. The van der Waals surface area contributed by atoms with Crippen molar-refractivity contribution in [2.75, 3.05) is 32.0 Å². The maximum absolute atomic E-state index is 14.6. The average Bonchev–Trinajstić information content (AvgIpc) is 3.36. The summed E-state index contributed by atoms with van der Waals surface area (Å²) in [5.74, 6) is 1.02. The predicted molar refractivity (Wildman–Crippen MR) is 128 cm³/mol. The molecule has 1 radical (unpaired) electrons. The Morgan fingerprint density at radius 2 is 1.97 bits per heavy atom. The van der Waals surface area contributed by atoms with E-state index in [1.807, 2.05) is 18.5 Å². The van der Waals surface area contributed by atoms with Crippen LogP contribution in [0.25, 0.3) is 11.4 Å². The van der Waals surface area contributed by atoms with Gasteiger partial charge in [0, 0.05) is 60.1 Å². The molecule has 2 aliphatic rings. The Bertz CT molecular complexity index is 1130. The van der Waals surface area contributed by atoms with Gasteiger partial charge >= 0.3 is 0 Å². The molecule has 6 nitrogen and oxygen atoms in total. The van der Waals surface area contributed by atoms with Crippen molar-refractivity contribution in [3.05, 3.63) is 64.8 Å². The van der Waals surface area contributed by atoms with Gasteiger partial charge < -0.3 is 10.2 Å². The fraction of sp³-hybridized carbons (Fsp3) is 0.400. The van der Waals surface area contributed by atoms with E-state index in [1.54, 1.807) is 12.3 Å². The van der Waals surface area contributed by atoms with E-state index >= 15 is 0 Å². The van der Waals surface area contributed by atoms with Crippen LogP contribution in [0.5, 0.6) is 0 Å². The number of halogens is 2. The molecule has 1 aliphatic carbocycles. The van der Waals surface area contributed by atoms with Crippen molar-refractivity contribution in [2.45, 2.75) is 37.6 Å². The summed E-state index contributed by atoms with van der Waals surface area (Å²) >= 11 is 6.13. The van der Waals surface area contributed by atoms with Crippen molar-refractivity contribution >= 4 is 23.1 Å². The van der Waals surface area contributed by atoms with E-state index in [0.29, 0.717) is 28.1 Å². The van der Waals surface area contributed by atoms with E-state index in [-0.39, 0.29) is 6.04 Å². The molecule has 0 bridgehead atoms. The van der Waals surface area contributed by atoms with Gasteiger partial charge in [-0.05, 0) is 50.1 Å². The quantitative estimate of drug-likeness (QED) is 0.552. The molecule has 3 heterocycles. The van der Waals surface area contributed by atoms with E-state index in [1.165, 1.54) is 25.0 Å². The minimum absolute atomic E-state index is 0.0431. The minimum atomic E-state index is -0.396. The van der Waals surface area contributed by atoms with Gasteiger partial charge in [0.25, 0.3) is 0 Å². The maximum Gasteiger partial charge on any atom is 0.164 e. The van der Waals surface area contributed by atoms with E-state index in [9.17, 15) is 4.39 Å². The first kappa shape index (κ1) is 22.2. The second-order valence-electron chi connectivity index (χ2n) is 8.88. The summed E-state index contributed by atoms with van der Waals surface area (Å²) in [5, 5.41) is 8.82. The molecule has 1 aliphatic heterocycles. The molecule has 1 saturated carbocycles. The molecule has 2 fully saturated rings. The number of piperazine rings is 1. The Labute approximate surface area is 198 Å². The van der Waals surface area contributed by atoms with Gasteiger partial charge in [-0.1, -0.05) is 24.4 Å². The number of anilines is 2. The molecule has 1 saturated heterocycles. The van der Waals surface area contributed by atoms with Gasteiger partial charge in [-0.25, -0.2) is 19.7 Å². The molecular formula is C25H27ClFN6. The van der Waals surface area contributed by atoms with E-state index < -0.39 is 5.82 Å². The van der Waals surface area contributed by atoms with Crippen LogP contribution >= 0.6 is 11.6 Å². The second-order valence-corrected chi connectivity index (χ2v) is 9.31. The zero-order valence-corrected chi connectivity index (χ0v) is 19.4. The van der Waals surface area contributed by atoms with Crippen molar-refractivity contribution in [3.63, 3.8) is 0 Å². The highest BCUT2D eigenvalue weighted by Crippen LogP contribution is 2.39. The number of nitrogens with one attached hydrogen (secondary N) is 1. The molecule has 171 valence electrons. The largest absolute Gasteiger partial charge is 0.340 e. The Balaban J connectivity index is 1.55. The van der Waals surface area contributed by atoms with Crippen LogP contribution in [0.3, 0.4) is 0 Å². The van der Waals surface area contributed by atoms with Crippen molar-refractivity contribution in [1.82, 2.24) is 25.2 Å². The molecule has 33 heavy (non-hydrogen) atoms. The third-order valence-corrected chi connectivity index (χ3v) is 6.80. The Morgan fingerprint density at radius 3 is 2.79 bits per heavy atom. The number of benzene rings is 1. The van der Waals surface area contributed by atoms with Crippen molar-refractivity contribution < 1.29 is 4.39 Å². The van der Waals surface area contributed by atoms with Gasteiger partial charge in [-0.3, -0.25) is 4.98 Å². The van der Waals surface area contributed by atoms with Crippen molar-refractivity contribution in [3.8, 4) is 11.4 Å². The van der Waals surface area contributed by atoms with E-state index in [4.69, 9.17) is 21.9 Å². The van der Waals surface area contributed by atoms with Crippen LogP contribution in [-0.4, -0.2) is 46.5 Å². The number of hydrogen-bond acceptors (Lipinski definition) is 5. The number of hydrogen-bond donors (Lipinski definition) is 1. The van der Waals surface area contributed by atoms with Gasteiger partial charge in [0.15, 0.2) is 5.82 Å². The lowest BCUT2D eigenvalue weighted by Gasteiger charge is -2.30. The highest BCUT2D eigenvalue weighted by molar-refractivity contribution is 6.30. The smallest absolute Gasteiger partial charge is 0.164 e. The van der Waals surface area contributed by atoms with E-state index in [0.717, 1.165) is 49.3 Å². The van der Waals surface area contributed by atoms with Gasteiger partial charge in [-0.15, -0.1) is 0 Å². The fourth-order valence-corrected chi connectivity index (χ4v) is 4.94. The predicted octanol–water partition coefficient (Wildman–Crippen LogP) is 5.32. The molecule has 2 aromatic heterocycles. The standard InChI is InChI=1S/C25H27ClFN6/c1-33-11-10-29-23(15-33)20-13-28-9-8-22(20)31-25-19(16-4-2-3-5-16)14-30-24(32-25)18-12-17(26)6-7-21(18)27/h6-9,12-14,16,23H,2-5,10-11,15H2,1H3,(H,28,30,31,32). The van der Waals surface area contributed by atoms with Crippen LogP contribution in [0, 0.1) is 5.82 Å². The van der Waals surface area contributed by atoms with Crippen molar-refractivity contribution in [2.24, 2.45) is 0 Å². The first-order chi connectivity index (χ1) is 16.1.